The number of hydrogen-bond donors (Lipinski definition) is 0. The molecular formula is C15H14N4O2. The molecule has 6 nitrogen and oxygen atoms in total. The third-order valence-corrected chi connectivity index (χ3v) is 3.23. The van der Waals surface area contributed by atoms with E-state index in [1.54, 1.807) is 31.0 Å². The van der Waals surface area contributed by atoms with E-state index in [0.717, 1.165) is 17.0 Å². The van der Waals surface area contributed by atoms with Gasteiger partial charge in [0.25, 0.3) is 0 Å². The molecule has 0 radical (unpaired) electrons. The quantitative estimate of drug-likeness (QED) is 0.545. The average molecular weight is 282 g/mol. The lowest BCUT2D eigenvalue weighted by molar-refractivity contribution is -0.129. The molecule has 0 amide bonds. The molecule has 0 N–H and O–H groups in total. The van der Waals surface area contributed by atoms with Crippen LogP contribution in [0.3, 0.4) is 0 Å². The number of carbonyl (C=O) groups excluding carboxylic acids is 1. The highest BCUT2D eigenvalue weighted by atomic mass is 16.5. The van der Waals surface area contributed by atoms with Crippen molar-refractivity contribution < 1.29 is 9.53 Å². The highest BCUT2D eigenvalue weighted by molar-refractivity contribution is 5.85. The Morgan fingerprint density at radius 2 is 2.24 bits per heavy atom. The molecule has 3 rings (SSSR count). The average Bonchev–Trinajstić information content (AvgIpc) is 3.00. The molecule has 0 aliphatic rings. The van der Waals surface area contributed by atoms with Gasteiger partial charge in [0.1, 0.15) is 5.69 Å². The largest absolute Gasteiger partial charge is 0.417 e. The van der Waals surface area contributed by atoms with Crippen LogP contribution >= 0.6 is 0 Å². The van der Waals surface area contributed by atoms with Crippen LogP contribution in [0.5, 0.6) is 5.75 Å². The number of pyridine rings is 1. The summed E-state index contributed by atoms with van der Waals surface area (Å²) in [7, 11) is 1.80. The maximum atomic E-state index is 11.5. The third-order valence-electron chi connectivity index (χ3n) is 3.23. The fourth-order valence-electron chi connectivity index (χ4n) is 2.31. The van der Waals surface area contributed by atoms with E-state index in [1.807, 2.05) is 22.9 Å². The summed E-state index contributed by atoms with van der Waals surface area (Å²) < 4.78 is 8.91. The van der Waals surface area contributed by atoms with Gasteiger partial charge in [-0.3, -0.25) is 9.55 Å². The Hall–Kier alpha value is -2.89. The van der Waals surface area contributed by atoms with Crippen LogP contribution in [0, 0.1) is 6.92 Å². The normalized spacial score (nSPS) is 10.8. The van der Waals surface area contributed by atoms with Crippen LogP contribution < -0.4 is 4.74 Å². The molecule has 21 heavy (non-hydrogen) atoms. The van der Waals surface area contributed by atoms with E-state index in [4.69, 9.17) is 4.74 Å². The first-order valence-corrected chi connectivity index (χ1v) is 6.41. The zero-order valence-corrected chi connectivity index (χ0v) is 11.8. The Morgan fingerprint density at radius 3 is 3.00 bits per heavy atom. The molecule has 106 valence electrons. The second kappa shape index (κ2) is 4.90. The van der Waals surface area contributed by atoms with Crippen molar-refractivity contribution in [2.45, 2.75) is 6.92 Å². The fourth-order valence-corrected chi connectivity index (χ4v) is 2.31. The van der Waals surface area contributed by atoms with Gasteiger partial charge >= 0.3 is 5.97 Å². The molecule has 0 aromatic carbocycles. The van der Waals surface area contributed by atoms with Crippen LogP contribution in [0.2, 0.25) is 0 Å². The summed E-state index contributed by atoms with van der Waals surface area (Å²) in [6.07, 6.45) is 6.52. The van der Waals surface area contributed by atoms with Crippen molar-refractivity contribution in [1.29, 1.82) is 0 Å². The van der Waals surface area contributed by atoms with Crippen molar-refractivity contribution in [1.82, 2.24) is 19.3 Å². The van der Waals surface area contributed by atoms with Crippen LogP contribution in [0.4, 0.5) is 0 Å². The van der Waals surface area contributed by atoms with Gasteiger partial charge in [-0.25, -0.2) is 9.48 Å². The van der Waals surface area contributed by atoms with Crippen molar-refractivity contribution in [2.24, 2.45) is 7.05 Å². The second-order valence-corrected chi connectivity index (χ2v) is 4.61. The monoisotopic (exact) mass is 282 g/mol. The first kappa shape index (κ1) is 13.1. The van der Waals surface area contributed by atoms with E-state index in [-0.39, 0.29) is 0 Å². The van der Waals surface area contributed by atoms with E-state index in [2.05, 4.69) is 16.7 Å². The fraction of sp³-hybridized carbons (Fsp3) is 0.133. The summed E-state index contributed by atoms with van der Waals surface area (Å²) in [5, 5.41) is 5.37. The summed E-state index contributed by atoms with van der Waals surface area (Å²) in [5.41, 5.74) is 1.55. The smallest absolute Gasteiger partial charge is 0.335 e. The molecule has 0 unspecified atom stereocenters. The minimum atomic E-state index is -0.512. The van der Waals surface area contributed by atoms with Gasteiger partial charge in [-0.05, 0) is 19.1 Å². The molecule has 0 bridgehead atoms. The van der Waals surface area contributed by atoms with Crippen LogP contribution in [-0.2, 0) is 11.8 Å². The van der Waals surface area contributed by atoms with Gasteiger partial charge in [0, 0.05) is 30.9 Å². The number of rotatable bonds is 3. The van der Waals surface area contributed by atoms with E-state index in [1.165, 1.54) is 0 Å². The van der Waals surface area contributed by atoms with Crippen molar-refractivity contribution in [3.63, 3.8) is 0 Å². The van der Waals surface area contributed by atoms with E-state index in [0.29, 0.717) is 17.3 Å². The molecule has 0 aliphatic carbocycles. The molecule has 0 aliphatic heterocycles. The van der Waals surface area contributed by atoms with E-state index < -0.39 is 5.97 Å². The first-order valence-electron chi connectivity index (χ1n) is 6.41. The second-order valence-electron chi connectivity index (χ2n) is 4.61. The molecular weight excluding hydrogens is 268 g/mol. The van der Waals surface area contributed by atoms with Gasteiger partial charge in [0.2, 0.25) is 0 Å². The first-order chi connectivity index (χ1) is 10.1. The summed E-state index contributed by atoms with van der Waals surface area (Å²) in [6, 6.07) is 3.89. The van der Waals surface area contributed by atoms with Gasteiger partial charge in [0.15, 0.2) is 11.6 Å². The maximum Gasteiger partial charge on any atom is 0.335 e. The number of aromatic nitrogens is 4. The SMILES string of the molecule is C=CC(=O)Oc1c(C)nn(C)c1-n1ccc2ccncc21. The number of carbonyl (C=O) groups is 1. The Balaban J connectivity index is 2.22. The standard InChI is InChI=1S/C15H14N4O2/c1-4-13(20)21-14-10(2)17-18(3)15(14)19-8-6-11-5-7-16-9-12(11)19/h4-9H,1H2,2-3H3. The van der Waals surface area contributed by atoms with Crippen molar-refractivity contribution in [2.75, 3.05) is 0 Å². The van der Waals surface area contributed by atoms with Crippen LogP contribution in [0.15, 0.2) is 43.4 Å². The summed E-state index contributed by atoms with van der Waals surface area (Å²) >= 11 is 0. The van der Waals surface area contributed by atoms with Crippen molar-refractivity contribution >= 4 is 16.9 Å². The third kappa shape index (κ3) is 2.10. The van der Waals surface area contributed by atoms with Gasteiger partial charge in [0.05, 0.1) is 11.7 Å². The van der Waals surface area contributed by atoms with Gasteiger partial charge in [-0.1, -0.05) is 6.58 Å². The van der Waals surface area contributed by atoms with Gasteiger partial charge in [-0.2, -0.15) is 5.10 Å². The zero-order valence-electron chi connectivity index (χ0n) is 11.8. The van der Waals surface area contributed by atoms with Crippen LogP contribution in [-0.4, -0.2) is 25.3 Å². The van der Waals surface area contributed by atoms with Gasteiger partial charge in [-0.15, -0.1) is 0 Å². The molecule has 0 fully saturated rings. The van der Waals surface area contributed by atoms with E-state index in [9.17, 15) is 4.79 Å². The summed E-state index contributed by atoms with van der Waals surface area (Å²) in [6.45, 7) is 5.21. The molecule has 3 heterocycles. The van der Waals surface area contributed by atoms with E-state index >= 15 is 0 Å². The lowest BCUT2D eigenvalue weighted by Crippen LogP contribution is -2.08. The Kier molecular flexibility index (Phi) is 3.06. The number of ether oxygens (including phenoxy) is 1. The minimum absolute atomic E-state index is 0.420. The molecule has 3 aromatic rings. The molecule has 6 heteroatoms. The lowest BCUT2D eigenvalue weighted by atomic mass is 10.3. The number of hydrogen-bond acceptors (Lipinski definition) is 4. The lowest BCUT2D eigenvalue weighted by Gasteiger charge is -2.08. The summed E-state index contributed by atoms with van der Waals surface area (Å²) in [4.78, 5) is 15.7. The molecule has 0 atom stereocenters. The predicted octanol–water partition coefficient (Wildman–Crippen LogP) is 2.16. The van der Waals surface area contributed by atoms with Crippen molar-refractivity contribution in [3.8, 4) is 11.6 Å². The topological polar surface area (TPSA) is 61.9 Å². The zero-order chi connectivity index (χ0) is 15.0. The minimum Gasteiger partial charge on any atom is -0.417 e. The molecule has 3 aromatic heterocycles. The molecule has 0 spiro atoms. The Bertz CT molecular complexity index is 845. The Morgan fingerprint density at radius 1 is 1.43 bits per heavy atom. The number of aryl methyl sites for hydroxylation is 2. The van der Waals surface area contributed by atoms with Crippen LogP contribution in [0.1, 0.15) is 5.69 Å². The highest BCUT2D eigenvalue weighted by Gasteiger charge is 2.19. The molecule has 0 saturated heterocycles. The molecule has 0 saturated carbocycles. The maximum absolute atomic E-state index is 11.5. The summed E-state index contributed by atoms with van der Waals surface area (Å²) in [5.74, 6) is 0.580. The Labute approximate surface area is 121 Å². The van der Waals surface area contributed by atoms with Crippen molar-refractivity contribution in [3.05, 3.63) is 49.1 Å². The number of esters is 1. The van der Waals surface area contributed by atoms with Crippen LogP contribution in [0.25, 0.3) is 16.7 Å². The predicted molar refractivity (Wildman–Crippen MR) is 78.4 cm³/mol. The highest BCUT2D eigenvalue weighted by Crippen LogP contribution is 2.29. The number of fused-ring (bicyclic) bond motifs is 1. The number of nitrogens with zero attached hydrogens (tertiary/aromatic N) is 4. The van der Waals surface area contributed by atoms with Gasteiger partial charge < -0.3 is 4.74 Å².